The molecule has 0 atom stereocenters. The molecule has 98 valence electrons. The Balaban J connectivity index is 2.12. The van der Waals surface area contributed by atoms with Gasteiger partial charge in [0.2, 0.25) is 0 Å². The van der Waals surface area contributed by atoms with Gasteiger partial charge in [-0.25, -0.2) is 0 Å². The number of hydrogen-bond donors (Lipinski definition) is 2. The highest BCUT2D eigenvalue weighted by molar-refractivity contribution is 6.27. The molecule has 0 bridgehead atoms. The van der Waals surface area contributed by atoms with Crippen LogP contribution in [0, 0.1) is 0 Å². The van der Waals surface area contributed by atoms with Crippen LogP contribution in [0.15, 0.2) is 36.4 Å². The van der Waals surface area contributed by atoms with Crippen LogP contribution >= 0.6 is 0 Å². The molecule has 0 amide bonds. The fourth-order valence-electron chi connectivity index (χ4n) is 2.92. The van der Waals surface area contributed by atoms with Crippen molar-refractivity contribution in [1.29, 1.82) is 0 Å². The summed E-state index contributed by atoms with van der Waals surface area (Å²) >= 11 is 0. The SMILES string of the molecule is CCNc1cccc2c1C(=O)c1cccc3[nH]nc-2c13. The first kappa shape index (κ1) is 11.2. The van der Waals surface area contributed by atoms with E-state index in [1.54, 1.807) is 0 Å². The summed E-state index contributed by atoms with van der Waals surface area (Å²) in [4.78, 5) is 12.8. The summed E-state index contributed by atoms with van der Waals surface area (Å²) in [6, 6.07) is 11.6. The van der Waals surface area contributed by atoms with Gasteiger partial charge in [-0.2, -0.15) is 5.10 Å². The van der Waals surface area contributed by atoms with E-state index in [-0.39, 0.29) is 5.78 Å². The van der Waals surface area contributed by atoms with Crippen LogP contribution in [0.25, 0.3) is 22.2 Å². The lowest BCUT2D eigenvalue weighted by molar-refractivity contribution is 0.104. The molecular weight excluding hydrogens is 250 g/mol. The third-order valence-corrected chi connectivity index (χ3v) is 3.75. The van der Waals surface area contributed by atoms with Gasteiger partial charge in [0.05, 0.1) is 11.1 Å². The van der Waals surface area contributed by atoms with Gasteiger partial charge in [0, 0.05) is 28.7 Å². The van der Waals surface area contributed by atoms with E-state index in [9.17, 15) is 4.79 Å². The Morgan fingerprint density at radius 1 is 1.15 bits per heavy atom. The summed E-state index contributed by atoms with van der Waals surface area (Å²) in [5, 5.41) is 11.6. The van der Waals surface area contributed by atoms with Crippen LogP contribution in [0.3, 0.4) is 0 Å². The first-order valence-corrected chi connectivity index (χ1v) is 6.70. The fraction of sp³-hybridized carbons (Fsp3) is 0.125. The number of aromatic nitrogens is 2. The van der Waals surface area contributed by atoms with E-state index in [4.69, 9.17) is 0 Å². The van der Waals surface area contributed by atoms with Crippen molar-refractivity contribution in [3.63, 3.8) is 0 Å². The maximum absolute atomic E-state index is 12.8. The first-order chi connectivity index (χ1) is 9.81. The van der Waals surface area contributed by atoms with Crippen molar-refractivity contribution in [1.82, 2.24) is 10.2 Å². The molecule has 4 nitrogen and oxygen atoms in total. The highest BCUT2D eigenvalue weighted by Crippen LogP contribution is 2.40. The number of anilines is 1. The molecule has 20 heavy (non-hydrogen) atoms. The van der Waals surface area contributed by atoms with Crippen LogP contribution < -0.4 is 5.32 Å². The number of aromatic amines is 1. The zero-order valence-electron chi connectivity index (χ0n) is 11.0. The van der Waals surface area contributed by atoms with E-state index < -0.39 is 0 Å². The van der Waals surface area contributed by atoms with E-state index in [2.05, 4.69) is 15.5 Å². The normalized spacial score (nSPS) is 12.6. The number of ketones is 1. The standard InChI is InChI=1S/C16H13N3O/c1-2-17-11-7-3-5-9-14(11)16(20)10-6-4-8-12-13(10)15(9)19-18-12/h3-8,17H,2H2,1H3,(H,18,19). The van der Waals surface area contributed by atoms with Gasteiger partial charge in [0.15, 0.2) is 5.78 Å². The van der Waals surface area contributed by atoms with Gasteiger partial charge in [0.1, 0.15) is 5.69 Å². The predicted octanol–water partition coefficient (Wildman–Crippen LogP) is 3.21. The van der Waals surface area contributed by atoms with Gasteiger partial charge in [-0.05, 0) is 19.1 Å². The van der Waals surface area contributed by atoms with E-state index in [1.165, 1.54) is 0 Å². The van der Waals surface area contributed by atoms with Gasteiger partial charge in [-0.1, -0.05) is 24.3 Å². The minimum Gasteiger partial charge on any atom is -0.385 e. The lowest BCUT2D eigenvalue weighted by Crippen LogP contribution is -2.13. The highest BCUT2D eigenvalue weighted by atomic mass is 16.1. The lowest BCUT2D eigenvalue weighted by Gasteiger charge is -2.18. The molecular formula is C16H13N3O. The first-order valence-electron chi connectivity index (χ1n) is 6.70. The summed E-state index contributed by atoms with van der Waals surface area (Å²) in [5.41, 5.74) is 5.00. The van der Waals surface area contributed by atoms with Crippen molar-refractivity contribution >= 4 is 22.4 Å². The Kier molecular flexibility index (Phi) is 2.21. The molecule has 1 aliphatic carbocycles. The molecule has 0 saturated heterocycles. The number of fused-ring (bicyclic) bond motifs is 2. The topological polar surface area (TPSA) is 57.8 Å². The Morgan fingerprint density at radius 2 is 1.95 bits per heavy atom. The van der Waals surface area contributed by atoms with Gasteiger partial charge in [-0.3, -0.25) is 9.89 Å². The maximum atomic E-state index is 12.8. The Bertz CT molecular complexity index is 848. The lowest BCUT2D eigenvalue weighted by atomic mass is 9.86. The zero-order valence-corrected chi connectivity index (χ0v) is 11.0. The number of carbonyl (C=O) groups excluding carboxylic acids is 1. The van der Waals surface area contributed by atoms with Gasteiger partial charge in [-0.15, -0.1) is 0 Å². The molecule has 2 N–H and O–H groups in total. The van der Waals surface area contributed by atoms with Crippen molar-refractivity contribution in [2.24, 2.45) is 0 Å². The van der Waals surface area contributed by atoms with Gasteiger partial charge >= 0.3 is 0 Å². The monoisotopic (exact) mass is 263 g/mol. The summed E-state index contributed by atoms with van der Waals surface area (Å²) in [6.07, 6.45) is 0. The highest BCUT2D eigenvalue weighted by Gasteiger charge is 2.29. The number of carbonyl (C=O) groups is 1. The molecule has 0 spiro atoms. The maximum Gasteiger partial charge on any atom is 0.196 e. The molecule has 0 radical (unpaired) electrons. The minimum absolute atomic E-state index is 0.0658. The van der Waals surface area contributed by atoms with E-state index in [0.717, 1.165) is 45.5 Å². The molecule has 2 aromatic carbocycles. The molecule has 0 aliphatic heterocycles. The van der Waals surface area contributed by atoms with Gasteiger partial charge < -0.3 is 5.32 Å². The average Bonchev–Trinajstić information content (AvgIpc) is 2.90. The summed E-state index contributed by atoms with van der Waals surface area (Å²) in [7, 11) is 0. The van der Waals surface area contributed by atoms with E-state index >= 15 is 0 Å². The number of nitrogens with zero attached hydrogens (tertiary/aromatic N) is 1. The summed E-state index contributed by atoms with van der Waals surface area (Å²) in [5.74, 6) is 0.0658. The second-order valence-electron chi connectivity index (χ2n) is 4.89. The number of benzene rings is 2. The molecule has 1 aromatic heterocycles. The second kappa shape index (κ2) is 3.93. The van der Waals surface area contributed by atoms with Crippen LogP contribution in [0.5, 0.6) is 0 Å². The molecule has 1 aliphatic rings. The average molecular weight is 263 g/mol. The van der Waals surface area contributed by atoms with Crippen LogP contribution in [0.4, 0.5) is 5.69 Å². The molecule has 4 heteroatoms. The zero-order chi connectivity index (χ0) is 13.7. The van der Waals surface area contributed by atoms with Crippen molar-refractivity contribution in [2.45, 2.75) is 6.92 Å². The molecule has 4 rings (SSSR count). The molecule has 0 saturated carbocycles. The minimum atomic E-state index is 0.0658. The smallest absolute Gasteiger partial charge is 0.196 e. The third-order valence-electron chi connectivity index (χ3n) is 3.75. The van der Waals surface area contributed by atoms with E-state index in [1.807, 2.05) is 43.3 Å². The number of H-pyrrole nitrogens is 1. The Morgan fingerprint density at radius 3 is 2.80 bits per heavy atom. The fourth-order valence-corrected chi connectivity index (χ4v) is 2.92. The summed E-state index contributed by atoms with van der Waals surface area (Å²) in [6.45, 7) is 2.80. The molecule has 3 aromatic rings. The van der Waals surface area contributed by atoms with Crippen molar-refractivity contribution in [3.8, 4) is 11.3 Å². The molecule has 0 fully saturated rings. The number of hydrogen-bond acceptors (Lipinski definition) is 3. The van der Waals surface area contributed by atoms with Crippen molar-refractivity contribution < 1.29 is 4.79 Å². The summed E-state index contributed by atoms with van der Waals surface area (Å²) < 4.78 is 0. The van der Waals surface area contributed by atoms with Crippen LogP contribution in [-0.4, -0.2) is 22.5 Å². The predicted molar refractivity (Wildman–Crippen MR) is 79.1 cm³/mol. The third kappa shape index (κ3) is 1.30. The molecule has 0 unspecified atom stereocenters. The van der Waals surface area contributed by atoms with Crippen LogP contribution in [-0.2, 0) is 0 Å². The second-order valence-corrected chi connectivity index (χ2v) is 4.89. The Hall–Kier alpha value is -2.62. The number of nitrogens with one attached hydrogen (secondary N) is 2. The van der Waals surface area contributed by atoms with Crippen LogP contribution in [0.1, 0.15) is 22.8 Å². The van der Waals surface area contributed by atoms with Crippen molar-refractivity contribution in [2.75, 3.05) is 11.9 Å². The largest absolute Gasteiger partial charge is 0.385 e. The quantitative estimate of drug-likeness (QED) is 0.584. The molecule has 1 heterocycles. The van der Waals surface area contributed by atoms with Crippen LogP contribution in [0.2, 0.25) is 0 Å². The number of rotatable bonds is 2. The van der Waals surface area contributed by atoms with Crippen molar-refractivity contribution in [3.05, 3.63) is 47.5 Å². The Labute approximate surface area is 115 Å². The van der Waals surface area contributed by atoms with Gasteiger partial charge in [0.25, 0.3) is 0 Å². The van der Waals surface area contributed by atoms with E-state index in [0.29, 0.717) is 0 Å².